The highest BCUT2D eigenvalue weighted by Gasteiger charge is 2.12. The lowest BCUT2D eigenvalue weighted by molar-refractivity contribution is -0.112. The fourth-order valence-electron chi connectivity index (χ4n) is 2.99. The Hall–Kier alpha value is -3.46. The first-order valence-electron chi connectivity index (χ1n) is 8.75. The summed E-state index contributed by atoms with van der Waals surface area (Å²) in [5.41, 5.74) is 2.16. The molecule has 0 saturated heterocycles. The van der Waals surface area contributed by atoms with Gasteiger partial charge in [0.2, 0.25) is 0 Å². The van der Waals surface area contributed by atoms with Crippen LogP contribution in [0.5, 0.6) is 0 Å². The lowest BCUT2D eigenvalue weighted by Gasteiger charge is -2.04. The molecule has 29 heavy (non-hydrogen) atoms. The maximum absolute atomic E-state index is 12.4. The van der Waals surface area contributed by atoms with E-state index in [1.54, 1.807) is 12.1 Å². The third-order valence-corrected chi connectivity index (χ3v) is 5.45. The molecule has 0 aliphatic heterocycles. The summed E-state index contributed by atoms with van der Waals surface area (Å²) >= 11 is 7.38. The Morgan fingerprint density at radius 3 is 2.79 bits per heavy atom. The molecule has 0 unspecified atom stereocenters. The number of anilines is 1. The van der Waals surface area contributed by atoms with Crippen molar-refractivity contribution >= 4 is 51.5 Å². The summed E-state index contributed by atoms with van der Waals surface area (Å²) in [5, 5.41) is 16.8. The summed E-state index contributed by atoms with van der Waals surface area (Å²) in [5.74, 6) is -0.228. The molecule has 0 saturated carbocycles. The molecule has 0 aliphatic carbocycles. The molecule has 6 heteroatoms. The van der Waals surface area contributed by atoms with Crippen LogP contribution in [0, 0.1) is 11.3 Å². The van der Waals surface area contributed by atoms with Gasteiger partial charge in [-0.3, -0.25) is 4.79 Å². The van der Waals surface area contributed by atoms with Gasteiger partial charge in [0, 0.05) is 16.1 Å². The van der Waals surface area contributed by atoms with Gasteiger partial charge >= 0.3 is 0 Å². The van der Waals surface area contributed by atoms with Gasteiger partial charge in [-0.2, -0.15) is 5.26 Å². The van der Waals surface area contributed by atoms with Gasteiger partial charge in [0.05, 0.1) is 0 Å². The molecule has 4 rings (SSSR count). The van der Waals surface area contributed by atoms with Crippen LogP contribution in [-0.4, -0.2) is 10.9 Å². The second-order valence-electron chi connectivity index (χ2n) is 6.25. The van der Waals surface area contributed by atoms with E-state index < -0.39 is 5.91 Å². The molecule has 1 N–H and O–H groups in total. The molecule has 4 aromatic rings. The van der Waals surface area contributed by atoms with Crippen LogP contribution < -0.4 is 5.32 Å². The van der Waals surface area contributed by atoms with E-state index in [2.05, 4.69) is 34.6 Å². The van der Waals surface area contributed by atoms with Gasteiger partial charge in [0.15, 0.2) is 0 Å². The standard InChI is InChI=1S/C23H14ClN3OS/c24-18-8-9-26-22(12-18)27-23(28)16(13-25)10-19-11-17(14-29-19)21-7-3-5-15-4-1-2-6-20(15)21/h1-12,14H,(H,26,27,28)/b16-10+. The fraction of sp³-hybridized carbons (Fsp3) is 0. The zero-order chi connectivity index (χ0) is 20.2. The first-order chi connectivity index (χ1) is 14.1. The van der Waals surface area contributed by atoms with Crippen molar-refractivity contribution in [3.05, 3.63) is 87.7 Å². The van der Waals surface area contributed by atoms with Gasteiger partial charge < -0.3 is 5.32 Å². The topological polar surface area (TPSA) is 65.8 Å². The summed E-state index contributed by atoms with van der Waals surface area (Å²) in [6, 6.07) is 21.4. The summed E-state index contributed by atoms with van der Waals surface area (Å²) in [6.07, 6.45) is 3.07. The molecule has 0 aliphatic rings. The number of carbonyl (C=O) groups is 1. The van der Waals surface area contributed by atoms with Crippen molar-refractivity contribution in [2.24, 2.45) is 0 Å². The Labute approximate surface area is 176 Å². The average Bonchev–Trinajstić information content (AvgIpc) is 3.20. The van der Waals surface area contributed by atoms with Gasteiger partial charge in [-0.05, 0) is 51.6 Å². The number of halogens is 1. The quantitative estimate of drug-likeness (QED) is 0.320. The van der Waals surface area contributed by atoms with E-state index in [0.29, 0.717) is 10.8 Å². The molecule has 0 radical (unpaired) electrons. The molecular formula is C23H14ClN3OS. The Morgan fingerprint density at radius 2 is 1.97 bits per heavy atom. The molecule has 0 atom stereocenters. The summed E-state index contributed by atoms with van der Waals surface area (Å²) in [6.45, 7) is 0. The molecule has 0 fully saturated rings. The van der Waals surface area contributed by atoms with E-state index in [9.17, 15) is 10.1 Å². The lowest BCUT2D eigenvalue weighted by atomic mass is 10.00. The van der Waals surface area contributed by atoms with Crippen molar-refractivity contribution < 1.29 is 4.79 Å². The van der Waals surface area contributed by atoms with Crippen LogP contribution >= 0.6 is 22.9 Å². The summed E-state index contributed by atoms with van der Waals surface area (Å²) < 4.78 is 0. The Balaban J connectivity index is 1.62. The third kappa shape index (κ3) is 4.19. The van der Waals surface area contributed by atoms with Crippen molar-refractivity contribution in [3.63, 3.8) is 0 Å². The maximum Gasteiger partial charge on any atom is 0.267 e. The van der Waals surface area contributed by atoms with Crippen LogP contribution in [0.15, 0.2) is 77.8 Å². The number of amides is 1. The monoisotopic (exact) mass is 415 g/mol. The van der Waals surface area contributed by atoms with Gasteiger partial charge in [0.1, 0.15) is 17.5 Å². The first kappa shape index (κ1) is 18.9. The molecule has 1 amide bonds. The number of hydrogen-bond acceptors (Lipinski definition) is 4. The van der Waals surface area contributed by atoms with E-state index in [4.69, 9.17) is 11.6 Å². The molecule has 2 aromatic carbocycles. The number of aromatic nitrogens is 1. The number of fused-ring (bicyclic) bond motifs is 1. The minimum absolute atomic E-state index is 0.00176. The molecule has 0 bridgehead atoms. The Bertz CT molecular complexity index is 1280. The normalized spacial score (nSPS) is 11.2. The van der Waals surface area contributed by atoms with Crippen LogP contribution in [-0.2, 0) is 4.79 Å². The van der Waals surface area contributed by atoms with Crippen LogP contribution in [0.2, 0.25) is 5.02 Å². The van der Waals surface area contributed by atoms with Crippen molar-refractivity contribution in [1.82, 2.24) is 4.98 Å². The molecule has 2 heterocycles. The van der Waals surface area contributed by atoms with E-state index in [1.165, 1.54) is 29.0 Å². The number of thiophene rings is 1. The van der Waals surface area contributed by atoms with Gasteiger partial charge in [-0.15, -0.1) is 11.3 Å². The van der Waals surface area contributed by atoms with Gasteiger partial charge in [-0.25, -0.2) is 4.98 Å². The van der Waals surface area contributed by atoms with Crippen LogP contribution in [0.3, 0.4) is 0 Å². The van der Waals surface area contributed by atoms with Crippen molar-refractivity contribution in [1.29, 1.82) is 5.26 Å². The number of nitrogens with one attached hydrogen (secondary N) is 1. The van der Waals surface area contributed by atoms with Gasteiger partial charge in [-0.1, -0.05) is 54.1 Å². The number of rotatable bonds is 4. The highest BCUT2D eigenvalue weighted by Crippen LogP contribution is 2.32. The number of hydrogen-bond donors (Lipinski definition) is 1. The maximum atomic E-state index is 12.4. The first-order valence-corrected chi connectivity index (χ1v) is 10.0. The second kappa shape index (κ2) is 8.27. The SMILES string of the molecule is N#C/C(=C\c1cc(-c2cccc3ccccc23)cs1)C(=O)Nc1cc(Cl)ccn1. The molecule has 4 nitrogen and oxygen atoms in total. The number of nitriles is 1. The zero-order valence-electron chi connectivity index (χ0n) is 15.1. The van der Waals surface area contributed by atoms with E-state index >= 15 is 0 Å². The van der Waals surface area contributed by atoms with Crippen molar-refractivity contribution in [3.8, 4) is 17.2 Å². The molecule has 140 valence electrons. The van der Waals surface area contributed by atoms with E-state index in [0.717, 1.165) is 21.4 Å². The molecule has 2 aromatic heterocycles. The number of carbonyl (C=O) groups excluding carboxylic acids is 1. The number of benzene rings is 2. The Morgan fingerprint density at radius 1 is 1.14 bits per heavy atom. The number of pyridine rings is 1. The van der Waals surface area contributed by atoms with Gasteiger partial charge in [0.25, 0.3) is 5.91 Å². The van der Waals surface area contributed by atoms with E-state index in [-0.39, 0.29) is 5.57 Å². The zero-order valence-corrected chi connectivity index (χ0v) is 16.7. The fourth-order valence-corrected chi connectivity index (χ4v) is 3.99. The summed E-state index contributed by atoms with van der Waals surface area (Å²) in [7, 11) is 0. The second-order valence-corrected chi connectivity index (χ2v) is 7.63. The Kier molecular flexibility index (Phi) is 5.39. The number of nitrogens with zero attached hydrogens (tertiary/aromatic N) is 2. The third-order valence-electron chi connectivity index (χ3n) is 4.34. The minimum Gasteiger partial charge on any atom is -0.306 e. The van der Waals surface area contributed by atoms with Crippen molar-refractivity contribution in [2.75, 3.05) is 5.32 Å². The predicted molar refractivity (Wildman–Crippen MR) is 119 cm³/mol. The predicted octanol–water partition coefficient (Wildman–Crippen LogP) is 6.16. The van der Waals surface area contributed by atoms with Crippen molar-refractivity contribution in [2.45, 2.75) is 0 Å². The van der Waals surface area contributed by atoms with Crippen LogP contribution in [0.1, 0.15) is 4.88 Å². The lowest BCUT2D eigenvalue weighted by Crippen LogP contribution is -2.14. The average molecular weight is 416 g/mol. The van der Waals surface area contributed by atoms with E-state index in [1.807, 2.05) is 35.7 Å². The largest absolute Gasteiger partial charge is 0.306 e. The highest BCUT2D eigenvalue weighted by molar-refractivity contribution is 7.11. The molecule has 0 spiro atoms. The smallest absolute Gasteiger partial charge is 0.267 e. The minimum atomic E-state index is -0.526. The highest BCUT2D eigenvalue weighted by atomic mass is 35.5. The molecular weight excluding hydrogens is 402 g/mol. The van der Waals surface area contributed by atoms with Crippen LogP contribution in [0.25, 0.3) is 28.0 Å². The summed E-state index contributed by atoms with van der Waals surface area (Å²) in [4.78, 5) is 17.3. The van der Waals surface area contributed by atoms with Crippen LogP contribution in [0.4, 0.5) is 5.82 Å².